The second-order valence-corrected chi connectivity index (χ2v) is 5.83. The van der Waals surface area contributed by atoms with Crippen LogP contribution in [0.1, 0.15) is 17.5 Å². The van der Waals surface area contributed by atoms with Crippen LogP contribution in [0.5, 0.6) is 0 Å². The zero-order chi connectivity index (χ0) is 13.8. The van der Waals surface area contributed by atoms with E-state index in [2.05, 4.69) is 46.5 Å². The van der Waals surface area contributed by atoms with Gasteiger partial charge in [0, 0.05) is 23.8 Å². The fraction of sp³-hybridized carbons (Fsp3) is 0.250. The summed E-state index contributed by atoms with van der Waals surface area (Å²) in [5, 5.41) is 4.16. The van der Waals surface area contributed by atoms with Crippen LogP contribution in [-0.4, -0.2) is 23.1 Å². The minimum absolute atomic E-state index is 0.800. The molecule has 20 heavy (non-hydrogen) atoms. The summed E-state index contributed by atoms with van der Waals surface area (Å²) in [6.45, 7) is 4.12. The molecule has 1 N–H and O–H groups in total. The van der Waals surface area contributed by atoms with Gasteiger partial charge in [-0.2, -0.15) is 0 Å². The first-order valence-electron chi connectivity index (χ1n) is 6.78. The number of aromatic nitrogens is 2. The van der Waals surface area contributed by atoms with E-state index in [4.69, 9.17) is 0 Å². The van der Waals surface area contributed by atoms with Crippen LogP contribution >= 0.6 is 11.8 Å². The van der Waals surface area contributed by atoms with Crippen LogP contribution in [0.4, 0.5) is 0 Å². The molecule has 0 saturated carbocycles. The molecule has 2 heterocycles. The van der Waals surface area contributed by atoms with Crippen molar-refractivity contribution < 1.29 is 0 Å². The predicted octanol–water partition coefficient (Wildman–Crippen LogP) is 3.31. The van der Waals surface area contributed by atoms with Crippen molar-refractivity contribution in [2.24, 2.45) is 0 Å². The number of nitrogens with zero attached hydrogens (tertiary/aromatic N) is 2. The molecule has 0 atom stereocenters. The molecule has 1 aliphatic rings. The van der Waals surface area contributed by atoms with Gasteiger partial charge in [0.2, 0.25) is 0 Å². The second kappa shape index (κ2) is 6.20. The van der Waals surface area contributed by atoms with Crippen molar-refractivity contribution in [3.8, 4) is 0 Å². The lowest BCUT2D eigenvalue weighted by Crippen LogP contribution is -2.20. The van der Waals surface area contributed by atoms with Crippen molar-refractivity contribution >= 4 is 17.3 Å². The minimum Gasteiger partial charge on any atom is -0.313 e. The largest absolute Gasteiger partial charge is 0.313 e. The lowest BCUT2D eigenvalue weighted by molar-refractivity contribution is 0.737. The predicted molar refractivity (Wildman–Crippen MR) is 82.8 cm³/mol. The first kappa shape index (κ1) is 13.3. The third-order valence-corrected chi connectivity index (χ3v) is 4.24. The Kier molecular flexibility index (Phi) is 4.14. The summed E-state index contributed by atoms with van der Waals surface area (Å²) in [4.78, 5) is 9.86. The number of hydrogen-bond donors (Lipinski definition) is 1. The Morgan fingerprint density at radius 3 is 2.80 bits per heavy atom. The van der Waals surface area contributed by atoms with Gasteiger partial charge in [0.25, 0.3) is 0 Å². The van der Waals surface area contributed by atoms with Gasteiger partial charge in [0.15, 0.2) is 5.16 Å². The van der Waals surface area contributed by atoms with E-state index >= 15 is 0 Å². The van der Waals surface area contributed by atoms with E-state index in [9.17, 15) is 0 Å². The Hall–Kier alpha value is -1.65. The molecule has 102 valence electrons. The van der Waals surface area contributed by atoms with E-state index in [0.29, 0.717) is 0 Å². The molecule has 1 aromatic carbocycles. The zero-order valence-corrected chi connectivity index (χ0v) is 12.3. The Bertz CT molecular complexity index is 623. The molecule has 4 heteroatoms. The molecule has 0 unspecified atom stereocenters. The molecule has 0 aliphatic carbocycles. The van der Waals surface area contributed by atoms with Gasteiger partial charge < -0.3 is 5.32 Å². The number of rotatable bonds is 3. The third-order valence-electron chi connectivity index (χ3n) is 3.29. The molecule has 0 bridgehead atoms. The van der Waals surface area contributed by atoms with Crippen LogP contribution in [0.3, 0.4) is 0 Å². The normalized spacial score (nSPS) is 14.9. The maximum atomic E-state index is 4.31. The lowest BCUT2D eigenvalue weighted by Gasteiger charge is -2.17. The number of benzene rings is 1. The van der Waals surface area contributed by atoms with E-state index in [0.717, 1.165) is 24.7 Å². The summed E-state index contributed by atoms with van der Waals surface area (Å²) in [7, 11) is 0. The van der Waals surface area contributed by atoms with Crippen molar-refractivity contribution in [1.82, 2.24) is 15.3 Å². The average molecular weight is 283 g/mol. The van der Waals surface area contributed by atoms with Gasteiger partial charge >= 0.3 is 0 Å². The van der Waals surface area contributed by atoms with Crippen molar-refractivity contribution in [2.75, 3.05) is 13.1 Å². The standard InChI is InChI=1S/C16H17N3S/c1-12-3-4-14(13-5-9-17-10-6-13)15(11-12)20-16-18-7-2-8-19-16/h2-5,7-8,11,17H,6,9-10H2,1H3. The monoisotopic (exact) mass is 283 g/mol. The van der Waals surface area contributed by atoms with Gasteiger partial charge in [-0.15, -0.1) is 0 Å². The highest BCUT2D eigenvalue weighted by atomic mass is 32.2. The zero-order valence-electron chi connectivity index (χ0n) is 11.5. The van der Waals surface area contributed by atoms with Gasteiger partial charge in [-0.1, -0.05) is 18.2 Å². The molecular weight excluding hydrogens is 266 g/mol. The average Bonchev–Trinajstić information content (AvgIpc) is 2.49. The molecule has 1 aromatic heterocycles. The maximum absolute atomic E-state index is 4.31. The first-order valence-corrected chi connectivity index (χ1v) is 7.60. The number of hydrogen-bond acceptors (Lipinski definition) is 4. The van der Waals surface area contributed by atoms with Crippen LogP contribution in [-0.2, 0) is 0 Å². The number of aryl methyl sites for hydroxylation is 1. The Morgan fingerprint density at radius 2 is 2.05 bits per heavy atom. The van der Waals surface area contributed by atoms with Gasteiger partial charge in [0.1, 0.15) is 0 Å². The highest BCUT2D eigenvalue weighted by Gasteiger charge is 2.12. The van der Waals surface area contributed by atoms with Crippen LogP contribution in [0.25, 0.3) is 5.57 Å². The fourth-order valence-corrected chi connectivity index (χ4v) is 3.26. The highest BCUT2D eigenvalue weighted by molar-refractivity contribution is 7.99. The Balaban J connectivity index is 1.96. The summed E-state index contributed by atoms with van der Waals surface area (Å²) >= 11 is 1.64. The van der Waals surface area contributed by atoms with Gasteiger partial charge in [0.05, 0.1) is 0 Å². The van der Waals surface area contributed by atoms with E-state index in [1.807, 2.05) is 6.07 Å². The Morgan fingerprint density at radius 1 is 1.20 bits per heavy atom. The van der Waals surface area contributed by atoms with Crippen LogP contribution in [0, 0.1) is 6.92 Å². The van der Waals surface area contributed by atoms with Crippen molar-refractivity contribution in [3.63, 3.8) is 0 Å². The molecule has 3 nitrogen and oxygen atoms in total. The van der Waals surface area contributed by atoms with Crippen LogP contribution < -0.4 is 5.32 Å². The van der Waals surface area contributed by atoms with Crippen molar-refractivity contribution in [2.45, 2.75) is 23.4 Å². The molecule has 0 amide bonds. The van der Waals surface area contributed by atoms with Crippen molar-refractivity contribution in [1.29, 1.82) is 0 Å². The van der Waals surface area contributed by atoms with Gasteiger partial charge in [-0.05, 0) is 60.5 Å². The Labute approximate surface area is 123 Å². The van der Waals surface area contributed by atoms with Gasteiger partial charge in [-0.3, -0.25) is 0 Å². The summed E-state index contributed by atoms with van der Waals surface area (Å²) in [6, 6.07) is 8.46. The van der Waals surface area contributed by atoms with Crippen LogP contribution in [0.2, 0.25) is 0 Å². The molecule has 2 aromatic rings. The molecule has 0 spiro atoms. The molecule has 1 aliphatic heterocycles. The quantitative estimate of drug-likeness (QED) is 0.877. The summed E-state index contributed by atoms with van der Waals surface area (Å²) < 4.78 is 0. The van der Waals surface area contributed by atoms with Gasteiger partial charge in [-0.25, -0.2) is 9.97 Å². The molecule has 0 fully saturated rings. The van der Waals surface area contributed by atoms with Crippen molar-refractivity contribution in [3.05, 3.63) is 53.9 Å². The minimum atomic E-state index is 0.800. The lowest BCUT2D eigenvalue weighted by atomic mass is 9.99. The van der Waals surface area contributed by atoms with E-state index in [1.165, 1.54) is 21.6 Å². The molecule has 3 rings (SSSR count). The molecular formula is C16H17N3S. The SMILES string of the molecule is Cc1ccc(C2=CCNCC2)c(Sc2ncccn2)c1. The van der Waals surface area contributed by atoms with E-state index < -0.39 is 0 Å². The highest BCUT2D eigenvalue weighted by Crippen LogP contribution is 2.34. The maximum Gasteiger partial charge on any atom is 0.192 e. The molecule has 0 saturated heterocycles. The molecule has 0 radical (unpaired) electrons. The fourth-order valence-electron chi connectivity index (χ4n) is 2.28. The first-order chi connectivity index (χ1) is 9.83. The summed E-state index contributed by atoms with van der Waals surface area (Å²) in [5.41, 5.74) is 4.00. The van der Waals surface area contributed by atoms with E-state index in [1.54, 1.807) is 24.2 Å². The van der Waals surface area contributed by atoms with E-state index in [-0.39, 0.29) is 0 Å². The van der Waals surface area contributed by atoms with Crippen LogP contribution in [0.15, 0.2) is 52.8 Å². The summed E-state index contributed by atoms with van der Waals surface area (Å²) in [5.74, 6) is 0. The number of nitrogens with one attached hydrogen (secondary N) is 1. The topological polar surface area (TPSA) is 37.8 Å². The summed E-state index contributed by atoms with van der Waals surface area (Å²) in [6.07, 6.45) is 6.93. The third kappa shape index (κ3) is 3.08. The second-order valence-electron chi connectivity index (χ2n) is 4.82. The smallest absolute Gasteiger partial charge is 0.192 e.